The van der Waals surface area contributed by atoms with Gasteiger partial charge in [0.25, 0.3) is 0 Å². The Balaban J connectivity index is 2.23. The van der Waals surface area contributed by atoms with Crippen molar-refractivity contribution in [2.75, 3.05) is 20.2 Å². The molecule has 1 aromatic rings. The van der Waals surface area contributed by atoms with Crippen LogP contribution in [0.2, 0.25) is 5.02 Å². The second kappa shape index (κ2) is 6.43. The number of nitrogens with one attached hydrogen (secondary N) is 1. The zero-order valence-electron chi connectivity index (χ0n) is 8.63. The molecule has 0 saturated heterocycles. The minimum absolute atomic E-state index is 0.247. The Bertz CT molecular complexity index is 328. The molecule has 0 radical (unpaired) electrons. The molecule has 82 valence electrons. The van der Waals surface area contributed by atoms with Crippen LogP contribution in [0, 0.1) is 0 Å². The molecule has 3 nitrogen and oxygen atoms in total. The van der Waals surface area contributed by atoms with E-state index >= 15 is 0 Å². The van der Waals surface area contributed by atoms with Crippen LogP contribution >= 0.6 is 11.6 Å². The summed E-state index contributed by atoms with van der Waals surface area (Å²) in [4.78, 5) is 10.8. The van der Waals surface area contributed by atoms with Gasteiger partial charge in [-0.15, -0.1) is 0 Å². The highest BCUT2D eigenvalue weighted by atomic mass is 35.5. The second-order valence-corrected chi connectivity index (χ2v) is 3.57. The number of halogens is 1. The molecule has 0 saturated carbocycles. The summed E-state index contributed by atoms with van der Waals surface area (Å²) in [6.45, 7) is 0.979. The number of hydrogen-bond donors (Lipinski definition) is 1. The molecule has 0 unspecified atom stereocenters. The molecule has 0 amide bonds. The van der Waals surface area contributed by atoms with Gasteiger partial charge in [-0.05, 0) is 30.7 Å². The number of carbonyl (C=O) groups excluding carboxylic acids is 1. The summed E-state index contributed by atoms with van der Waals surface area (Å²) in [6.07, 6.45) is 0.845. The van der Waals surface area contributed by atoms with Crippen molar-refractivity contribution in [2.24, 2.45) is 0 Å². The summed E-state index contributed by atoms with van der Waals surface area (Å²) < 4.78 is 4.50. The van der Waals surface area contributed by atoms with Crippen LogP contribution in [-0.2, 0) is 16.0 Å². The third kappa shape index (κ3) is 4.81. The smallest absolute Gasteiger partial charge is 0.319 e. The highest BCUT2D eigenvalue weighted by Gasteiger charge is 1.98. The Labute approximate surface area is 94.4 Å². The minimum atomic E-state index is -0.249. The summed E-state index contributed by atoms with van der Waals surface area (Å²) in [5, 5.41) is 3.72. The molecule has 0 aliphatic heterocycles. The lowest BCUT2D eigenvalue weighted by Crippen LogP contribution is -2.25. The van der Waals surface area contributed by atoms with Crippen LogP contribution in [0.1, 0.15) is 5.56 Å². The van der Waals surface area contributed by atoms with Gasteiger partial charge in [0.1, 0.15) is 0 Å². The Morgan fingerprint density at radius 2 is 2.33 bits per heavy atom. The van der Waals surface area contributed by atoms with Gasteiger partial charge in [-0.25, -0.2) is 0 Å². The van der Waals surface area contributed by atoms with E-state index in [4.69, 9.17) is 11.6 Å². The third-order valence-electron chi connectivity index (χ3n) is 1.98. The first-order chi connectivity index (χ1) is 7.22. The summed E-state index contributed by atoms with van der Waals surface area (Å²) in [5.74, 6) is -0.249. The number of rotatable bonds is 5. The Morgan fingerprint density at radius 1 is 1.53 bits per heavy atom. The number of hydrogen-bond acceptors (Lipinski definition) is 3. The molecule has 0 bridgehead atoms. The van der Waals surface area contributed by atoms with Crippen LogP contribution < -0.4 is 5.32 Å². The van der Waals surface area contributed by atoms with Gasteiger partial charge in [0.2, 0.25) is 0 Å². The van der Waals surface area contributed by atoms with Crippen LogP contribution in [0.4, 0.5) is 0 Å². The van der Waals surface area contributed by atoms with Gasteiger partial charge in [0.05, 0.1) is 13.7 Å². The van der Waals surface area contributed by atoms with Crippen LogP contribution in [-0.4, -0.2) is 26.2 Å². The van der Waals surface area contributed by atoms with Crippen molar-refractivity contribution in [3.8, 4) is 0 Å². The van der Waals surface area contributed by atoms with E-state index in [-0.39, 0.29) is 12.5 Å². The van der Waals surface area contributed by atoms with Crippen molar-refractivity contribution in [3.63, 3.8) is 0 Å². The number of esters is 1. The van der Waals surface area contributed by atoms with Crippen LogP contribution in [0.5, 0.6) is 0 Å². The van der Waals surface area contributed by atoms with Gasteiger partial charge in [0, 0.05) is 5.02 Å². The van der Waals surface area contributed by atoms with E-state index in [1.165, 1.54) is 7.11 Å². The molecule has 1 rings (SSSR count). The maximum Gasteiger partial charge on any atom is 0.319 e. The first-order valence-corrected chi connectivity index (χ1v) is 5.12. The molecule has 15 heavy (non-hydrogen) atoms. The monoisotopic (exact) mass is 227 g/mol. The van der Waals surface area contributed by atoms with Gasteiger partial charge in [-0.2, -0.15) is 0 Å². The lowest BCUT2D eigenvalue weighted by molar-refractivity contribution is -0.139. The van der Waals surface area contributed by atoms with E-state index in [1.54, 1.807) is 0 Å². The van der Waals surface area contributed by atoms with Gasteiger partial charge in [-0.3, -0.25) is 4.79 Å². The summed E-state index contributed by atoms with van der Waals surface area (Å²) in [6, 6.07) is 7.68. The maximum absolute atomic E-state index is 10.8. The van der Waals surface area contributed by atoms with Gasteiger partial charge >= 0.3 is 5.97 Å². The molecule has 4 heteroatoms. The van der Waals surface area contributed by atoms with E-state index in [2.05, 4.69) is 10.1 Å². The van der Waals surface area contributed by atoms with E-state index in [0.29, 0.717) is 0 Å². The lowest BCUT2D eigenvalue weighted by Gasteiger charge is -2.03. The van der Waals surface area contributed by atoms with E-state index in [1.807, 2.05) is 24.3 Å². The van der Waals surface area contributed by atoms with Gasteiger partial charge in [-0.1, -0.05) is 23.7 Å². The zero-order chi connectivity index (χ0) is 11.1. The standard InChI is InChI=1S/C11H14ClNO2/c1-15-11(14)8-13-6-5-9-3-2-4-10(12)7-9/h2-4,7,13H,5-6,8H2,1H3. The Morgan fingerprint density at radius 3 is 3.00 bits per heavy atom. The fourth-order valence-corrected chi connectivity index (χ4v) is 1.40. The van der Waals surface area contributed by atoms with Crippen molar-refractivity contribution < 1.29 is 9.53 Å². The molecule has 0 spiro atoms. The van der Waals surface area contributed by atoms with E-state index in [9.17, 15) is 4.79 Å². The largest absolute Gasteiger partial charge is 0.468 e. The van der Waals surface area contributed by atoms with Crippen LogP contribution in [0.25, 0.3) is 0 Å². The van der Waals surface area contributed by atoms with Crippen LogP contribution in [0.15, 0.2) is 24.3 Å². The minimum Gasteiger partial charge on any atom is -0.468 e. The second-order valence-electron chi connectivity index (χ2n) is 3.13. The highest BCUT2D eigenvalue weighted by Crippen LogP contribution is 2.10. The molecule has 0 aromatic heterocycles. The summed E-state index contributed by atoms with van der Waals surface area (Å²) in [7, 11) is 1.38. The maximum atomic E-state index is 10.8. The van der Waals surface area contributed by atoms with Crippen molar-refractivity contribution in [1.29, 1.82) is 0 Å². The van der Waals surface area contributed by atoms with Gasteiger partial charge < -0.3 is 10.1 Å². The Hall–Kier alpha value is -1.06. The first kappa shape index (κ1) is 12.0. The highest BCUT2D eigenvalue weighted by molar-refractivity contribution is 6.30. The van der Waals surface area contributed by atoms with Crippen molar-refractivity contribution in [2.45, 2.75) is 6.42 Å². The average molecular weight is 228 g/mol. The molecule has 0 heterocycles. The van der Waals surface area contributed by atoms with Crippen molar-refractivity contribution in [3.05, 3.63) is 34.9 Å². The van der Waals surface area contributed by atoms with Crippen LogP contribution in [0.3, 0.4) is 0 Å². The summed E-state index contributed by atoms with van der Waals surface area (Å²) in [5.41, 5.74) is 1.15. The number of carbonyl (C=O) groups is 1. The molecular weight excluding hydrogens is 214 g/mol. The van der Waals surface area contributed by atoms with Crippen molar-refractivity contribution in [1.82, 2.24) is 5.32 Å². The van der Waals surface area contributed by atoms with E-state index in [0.717, 1.165) is 23.6 Å². The Kier molecular flexibility index (Phi) is 5.15. The number of ether oxygens (including phenoxy) is 1. The first-order valence-electron chi connectivity index (χ1n) is 4.74. The molecule has 0 aliphatic rings. The normalized spacial score (nSPS) is 10.0. The quantitative estimate of drug-likeness (QED) is 0.614. The number of benzene rings is 1. The predicted octanol–water partition coefficient (Wildman–Crippen LogP) is 1.65. The molecule has 1 N–H and O–H groups in total. The van der Waals surface area contributed by atoms with Gasteiger partial charge in [0.15, 0.2) is 0 Å². The SMILES string of the molecule is COC(=O)CNCCc1cccc(Cl)c1. The molecule has 0 atom stereocenters. The fourth-order valence-electron chi connectivity index (χ4n) is 1.19. The molecule has 0 fully saturated rings. The number of methoxy groups -OCH3 is 1. The molecule has 1 aromatic carbocycles. The fraction of sp³-hybridized carbons (Fsp3) is 0.364. The van der Waals surface area contributed by atoms with Crippen molar-refractivity contribution >= 4 is 17.6 Å². The molecular formula is C11H14ClNO2. The van der Waals surface area contributed by atoms with E-state index < -0.39 is 0 Å². The molecule has 0 aliphatic carbocycles. The average Bonchev–Trinajstić information content (AvgIpc) is 2.24. The lowest BCUT2D eigenvalue weighted by atomic mass is 10.1. The third-order valence-corrected chi connectivity index (χ3v) is 2.21. The topological polar surface area (TPSA) is 38.3 Å². The zero-order valence-corrected chi connectivity index (χ0v) is 9.38. The summed E-state index contributed by atoms with van der Waals surface area (Å²) >= 11 is 5.84. The predicted molar refractivity (Wildman–Crippen MR) is 60.0 cm³/mol.